The Balaban J connectivity index is 1.73. The zero-order valence-electron chi connectivity index (χ0n) is 15.5. The van der Waals surface area contributed by atoms with Gasteiger partial charge in [0.1, 0.15) is 0 Å². The van der Waals surface area contributed by atoms with Crippen LogP contribution in [-0.2, 0) is 14.2 Å². The van der Waals surface area contributed by atoms with Crippen LogP contribution < -0.4 is 10.6 Å². The van der Waals surface area contributed by atoms with E-state index in [4.69, 9.17) is 14.2 Å². The minimum absolute atomic E-state index is 0.139. The quantitative estimate of drug-likeness (QED) is 0.517. The third-order valence-electron chi connectivity index (χ3n) is 5.18. The van der Waals surface area contributed by atoms with Gasteiger partial charge in [-0.3, -0.25) is 4.99 Å². The lowest BCUT2D eigenvalue weighted by atomic mass is 9.94. The summed E-state index contributed by atoms with van der Waals surface area (Å²) in [6.45, 7) is 6.34. The van der Waals surface area contributed by atoms with Crippen molar-refractivity contribution in [3.8, 4) is 0 Å². The summed E-state index contributed by atoms with van der Waals surface area (Å²) in [5, 5.41) is 7.01. The van der Waals surface area contributed by atoms with Gasteiger partial charge in [-0.05, 0) is 12.8 Å². The molecule has 2 heterocycles. The van der Waals surface area contributed by atoms with Crippen LogP contribution >= 0.6 is 0 Å². The molecular weight excluding hydrogens is 308 g/mol. The van der Waals surface area contributed by atoms with E-state index in [2.05, 4.69) is 20.5 Å². The topological polar surface area (TPSA) is 67.4 Å². The molecule has 0 aromatic heterocycles. The summed E-state index contributed by atoms with van der Waals surface area (Å²) in [6.07, 6.45) is 4.11. The second kappa shape index (κ2) is 10.2. The molecule has 0 spiro atoms. The van der Waals surface area contributed by atoms with Crippen molar-refractivity contribution in [2.24, 2.45) is 4.99 Å². The Morgan fingerprint density at radius 2 is 1.96 bits per heavy atom. The summed E-state index contributed by atoms with van der Waals surface area (Å²) in [4.78, 5) is 6.83. The molecule has 2 fully saturated rings. The molecule has 2 rings (SSSR count). The molecule has 140 valence electrons. The molecule has 0 aromatic carbocycles. The minimum Gasteiger partial charge on any atom is -0.383 e. The maximum absolute atomic E-state index is 5.77. The van der Waals surface area contributed by atoms with Crippen LogP contribution in [0, 0.1) is 0 Å². The SMILES string of the molecule is CN=C(NCC1(OC)CCOCC1)NC1CCN(CCOC)CC1. The van der Waals surface area contributed by atoms with Gasteiger partial charge in [0.05, 0.1) is 12.2 Å². The van der Waals surface area contributed by atoms with E-state index in [0.29, 0.717) is 6.04 Å². The van der Waals surface area contributed by atoms with Crippen LogP contribution in [0.3, 0.4) is 0 Å². The van der Waals surface area contributed by atoms with Crippen molar-refractivity contribution < 1.29 is 14.2 Å². The van der Waals surface area contributed by atoms with Gasteiger partial charge in [-0.1, -0.05) is 0 Å². The Kier molecular flexibility index (Phi) is 8.24. The van der Waals surface area contributed by atoms with Crippen molar-refractivity contribution in [2.45, 2.75) is 37.3 Å². The Morgan fingerprint density at radius 1 is 1.25 bits per heavy atom. The molecule has 7 nitrogen and oxygen atoms in total. The van der Waals surface area contributed by atoms with Crippen LogP contribution in [-0.4, -0.2) is 89.8 Å². The molecule has 0 saturated carbocycles. The van der Waals surface area contributed by atoms with Gasteiger partial charge in [-0.15, -0.1) is 0 Å². The number of nitrogens with one attached hydrogen (secondary N) is 2. The molecule has 0 radical (unpaired) electrons. The van der Waals surface area contributed by atoms with Crippen molar-refractivity contribution in [1.82, 2.24) is 15.5 Å². The summed E-state index contributed by atoms with van der Waals surface area (Å²) in [6, 6.07) is 0.475. The molecule has 2 aliphatic heterocycles. The number of piperidine rings is 1. The van der Waals surface area contributed by atoms with E-state index < -0.39 is 0 Å². The smallest absolute Gasteiger partial charge is 0.191 e. The van der Waals surface area contributed by atoms with Gasteiger partial charge in [0.2, 0.25) is 0 Å². The van der Waals surface area contributed by atoms with Crippen LogP contribution in [0.15, 0.2) is 4.99 Å². The van der Waals surface area contributed by atoms with Gasteiger partial charge < -0.3 is 29.7 Å². The highest BCUT2D eigenvalue weighted by Crippen LogP contribution is 2.23. The first-order valence-electron chi connectivity index (χ1n) is 9.03. The van der Waals surface area contributed by atoms with E-state index in [-0.39, 0.29) is 5.60 Å². The number of ether oxygens (including phenoxy) is 3. The first-order valence-corrected chi connectivity index (χ1v) is 9.03. The third-order valence-corrected chi connectivity index (χ3v) is 5.18. The molecule has 2 aliphatic rings. The fraction of sp³-hybridized carbons (Fsp3) is 0.941. The maximum atomic E-state index is 5.77. The average Bonchev–Trinajstić information content (AvgIpc) is 2.65. The number of methoxy groups -OCH3 is 2. The highest BCUT2D eigenvalue weighted by atomic mass is 16.5. The molecule has 2 N–H and O–H groups in total. The molecular formula is C17H34N4O3. The maximum Gasteiger partial charge on any atom is 0.191 e. The van der Waals surface area contributed by atoms with Crippen LogP contribution in [0.2, 0.25) is 0 Å². The van der Waals surface area contributed by atoms with E-state index in [1.807, 2.05) is 7.05 Å². The fourth-order valence-corrected chi connectivity index (χ4v) is 3.35. The number of guanidine groups is 1. The first-order chi connectivity index (χ1) is 11.7. The Morgan fingerprint density at radius 3 is 2.54 bits per heavy atom. The second-order valence-electron chi connectivity index (χ2n) is 6.68. The van der Waals surface area contributed by atoms with Crippen LogP contribution in [0.1, 0.15) is 25.7 Å². The Hall–Kier alpha value is -0.890. The van der Waals surface area contributed by atoms with E-state index in [9.17, 15) is 0 Å². The molecule has 24 heavy (non-hydrogen) atoms. The molecule has 0 unspecified atom stereocenters. The van der Waals surface area contributed by atoms with Gasteiger partial charge in [0, 0.05) is 79.5 Å². The average molecular weight is 342 g/mol. The first kappa shape index (κ1) is 19.4. The van der Waals surface area contributed by atoms with E-state index in [1.165, 1.54) is 0 Å². The summed E-state index contributed by atoms with van der Waals surface area (Å²) in [5.74, 6) is 0.869. The fourth-order valence-electron chi connectivity index (χ4n) is 3.35. The zero-order chi connectivity index (χ0) is 17.3. The van der Waals surface area contributed by atoms with Crippen molar-refractivity contribution in [1.29, 1.82) is 0 Å². The number of hydrogen-bond donors (Lipinski definition) is 2. The van der Waals surface area contributed by atoms with E-state index >= 15 is 0 Å². The largest absolute Gasteiger partial charge is 0.383 e. The number of nitrogens with zero attached hydrogens (tertiary/aromatic N) is 2. The van der Waals surface area contributed by atoms with Gasteiger partial charge in [-0.2, -0.15) is 0 Å². The number of likely N-dealkylation sites (tertiary alicyclic amines) is 1. The predicted molar refractivity (Wildman–Crippen MR) is 95.6 cm³/mol. The third kappa shape index (κ3) is 5.88. The van der Waals surface area contributed by atoms with Crippen LogP contribution in [0.25, 0.3) is 0 Å². The highest BCUT2D eigenvalue weighted by molar-refractivity contribution is 5.80. The molecule has 0 atom stereocenters. The van der Waals surface area contributed by atoms with Gasteiger partial charge in [0.25, 0.3) is 0 Å². The Labute approximate surface area is 146 Å². The van der Waals surface area contributed by atoms with E-state index in [1.54, 1.807) is 14.2 Å². The summed E-state index contributed by atoms with van der Waals surface area (Å²) >= 11 is 0. The lowest BCUT2D eigenvalue weighted by Crippen LogP contribution is -2.53. The molecule has 0 aliphatic carbocycles. The molecule has 0 bridgehead atoms. The Bertz CT molecular complexity index is 378. The van der Waals surface area contributed by atoms with Gasteiger partial charge in [-0.25, -0.2) is 0 Å². The number of hydrogen-bond acceptors (Lipinski definition) is 5. The van der Waals surface area contributed by atoms with Gasteiger partial charge >= 0.3 is 0 Å². The highest BCUT2D eigenvalue weighted by Gasteiger charge is 2.32. The molecule has 0 aromatic rings. The van der Waals surface area contributed by atoms with Gasteiger partial charge in [0.15, 0.2) is 5.96 Å². The van der Waals surface area contributed by atoms with Crippen LogP contribution in [0.4, 0.5) is 0 Å². The zero-order valence-corrected chi connectivity index (χ0v) is 15.5. The summed E-state index contributed by atoms with van der Waals surface area (Å²) in [7, 11) is 5.38. The molecule has 0 amide bonds. The molecule has 2 saturated heterocycles. The number of rotatable bonds is 7. The summed E-state index contributed by atoms with van der Waals surface area (Å²) < 4.78 is 16.4. The van der Waals surface area contributed by atoms with E-state index in [0.717, 1.165) is 77.6 Å². The summed E-state index contributed by atoms with van der Waals surface area (Å²) in [5.41, 5.74) is -0.139. The predicted octanol–water partition coefficient (Wildman–Crippen LogP) is 0.458. The monoisotopic (exact) mass is 342 g/mol. The standard InChI is InChI=1S/C17H34N4O3/c1-18-16(19-14-17(23-3)6-11-24-12-7-17)20-15-4-8-21(9-5-15)10-13-22-2/h15H,4-14H2,1-3H3,(H2,18,19,20). The lowest BCUT2D eigenvalue weighted by molar-refractivity contribution is -0.0855. The van der Waals surface area contributed by atoms with Crippen molar-refractivity contribution >= 4 is 5.96 Å². The number of aliphatic imine (C=N–C) groups is 1. The lowest BCUT2D eigenvalue weighted by Gasteiger charge is -2.37. The normalized spacial score (nSPS) is 23.2. The van der Waals surface area contributed by atoms with Crippen molar-refractivity contribution in [3.05, 3.63) is 0 Å². The second-order valence-corrected chi connectivity index (χ2v) is 6.68. The minimum atomic E-state index is -0.139. The van der Waals surface area contributed by atoms with Crippen LogP contribution in [0.5, 0.6) is 0 Å². The van der Waals surface area contributed by atoms with Crippen molar-refractivity contribution in [2.75, 3.05) is 67.3 Å². The molecule has 7 heteroatoms. The van der Waals surface area contributed by atoms with Crippen molar-refractivity contribution in [3.63, 3.8) is 0 Å².